The molecule has 8 heteroatoms. The zero-order chi connectivity index (χ0) is 25.2. The summed E-state index contributed by atoms with van der Waals surface area (Å²) in [5, 5.41) is 7.75. The Bertz CT molecular complexity index is 1240. The molecule has 0 bridgehead atoms. The van der Waals surface area contributed by atoms with Crippen molar-refractivity contribution >= 4 is 17.6 Å². The lowest BCUT2D eigenvalue weighted by Crippen LogP contribution is -2.38. The van der Waals surface area contributed by atoms with Crippen LogP contribution in [0.1, 0.15) is 55.7 Å². The van der Waals surface area contributed by atoms with Crippen molar-refractivity contribution in [3.8, 4) is 17.2 Å². The summed E-state index contributed by atoms with van der Waals surface area (Å²) in [4.78, 5) is 27.9. The molecule has 0 aliphatic carbocycles. The van der Waals surface area contributed by atoms with Gasteiger partial charge in [0, 0.05) is 23.6 Å². The lowest BCUT2D eigenvalue weighted by Gasteiger charge is -2.22. The van der Waals surface area contributed by atoms with Gasteiger partial charge < -0.3 is 19.7 Å². The number of carbonyl (C=O) groups is 2. The highest BCUT2D eigenvalue weighted by Gasteiger charge is 2.24. The van der Waals surface area contributed by atoms with E-state index in [1.54, 1.807) is 27.8 Å². The number of hydrogen-bond donors (Lipinski definition) is 1. The first-order valence-corrected chi connectivity index (χ1v) is 11.8. The minimum atomic E-state index is -0.290. The average Bonchev–Trinajstić information content (AvgIpc) is 3.44. The highest BCUT2D eigenvalue weighted by Crippen LogP contribution is 2.33. The van der Waals surface area contributed by atoms with Crippen molar-refractivity contribution < 1.29 is 19.1 Å². The maximum Gasteiger partial charge on any atom is 0.254 e. The van der Waals surface area contributed by atoms with Crippen LogP contribution in [0.5, 0.6) is 11.5 Å². The van der Waals surface area contributed by atoms with Gasteiger partial charge in [-0.15, -0.1) is 0 Å². The number of amides is 2. The third-order valence-electron chi connectivity index (χ3n) is 5.73. The van der Waals surface area contributed by atoms with Crippen molar-refractivity contribution in [1.82, 2.24) is 14.7 Å². The van der Waals surface area contributed by atoms with Gasteiger partial charge in [-0.3, -0.25) is 9.59 Å². The van der Waals surface area contributed by atoms with Gasteiger partial charge >= 0.3 is 0 Å². The van der Waals surface area contributed by atoms with E-state index in [0.29, 0.717) is 29.4 Å². The Balaban J connectivity index is 1.56. The summed E-state index contributed by atoms with van der Waals surface area (Å²) in [5.74, 6) is 1.19. The monoisotopic (exact) mass is 476 g/mol. The molecule has 0 fully saturated rings. The summed E-state index contributed by atoms with van der Waals surface area (Å²) in [7, 11) is 0. The first kappa shape index (κ1) is 24.3. The van der Waals surface area contributed by atoms with Crippen LogP contribution in [0.3, 0.4) is 0 Å². The second-order valence-electron chi connectivity index (χ2n) is 9.76. The van der Waals surface area contributed by atoms with E-state index in [1.165, 1.54) is 0 Å². The molecule has 0 atom stereocenters. The minimum Gasteiger partial charge on any atom is -0.454 e. The highest BCUT2D eigenvalue weighted by molar-refractivity contribution is 5.99. The Hall–Kier alpha value is -3.81. The molecule has 1 aromatic heterocycles. The van der Waals surface area contributed by atoms with Crippen LogP contribution in [0.2, 0.25) is 0 Å². The number of anilines is 1. The van der Waals surface area contributed by atoms with Crippen molar-refractivity contribution in [3.05, 3.63) is 65.4 Å². The van der Waals surface area contributed by atoms with Gasteiger partial charge in [0.25, 0.3) is 5.91 Å². The molecule has 1 N–H and O–H groups in total. The van der Waals surface area contributed by atoms with Crippen molar-refractivity contribution in [1.29, 1.82) is 0 Å². The second-order valence-corrected chi connectivity index (χ2v) is 9.76. The molecule has 3 aromatic rings. The average molecular weight is 477 g/mol. The Labute approximate surface area is 205 Å². The number of nitrogens with one attached hydrogen (secondary N) is 1. The molecule has 1 aliphatic heterocycles. The van der Waals surface area contributed by atoms with Crippen LogP contribution in [0.25, 0.3) is 5.69 Å². The van der Waals surface area contributed by atoms with E-state index in [-0.39, 0.29) is 30.6 Å². The number of carbonyl (C=O) groups excluding carboxylic acids is 2. The first-order valence-electron chi connectivity index (χ1n) is 11.8. The normalized spacial score (nSPS) is 12.5. The summed E-state index contributed by atoms with van der Waals surface area (Å²) >= 11 is 0. The molecule has 2 heterocycles. The van der Waals surface area contributed by atoms with E-state index in [1.807, 2.05) is 44.2 Å². The molecule has 0 unspecified atom stereocenters. The van der Waals surface area contributed by atoms with E-state index in [2.05, 4.69) is 26.1 Å². The standard InChI is InChI=1S/C27H32N4O4/c1-6-12-30(26(33)19-10-11-21-22(14-19)35-17-34-21)16-25(32)28-24-15-23(27(3,4)5)29-31(24)20-9-7-8-18(2)13-20/h7-11,13-15H,6,12,16-17H2,1-5H3,(H,28,32). The van der Waals surface area contributed by atoms with Gasteiger partial charge in [-0.2, -0.15) is 5.10 Å². The predicted molar refractivity (Wildman–Crippen MR) is 134 cm³/mol. The molecule has 0 spiro atoms. The van der Waals surface area contributed by atoms with Crippen LogP contribution < -0.4 is 14.8 Å². The lowest BCUT2D eigenvalue weighted by atomic mass is 9.92. The van der Waals surface area contributed by atoms with Crippen LogP contribution in [0, 0.1) is 6.92 Å². The number of aromatic nitrogens is 2. The quantitative estimate of drug-likeness (QED) is 0.534. The topological polar surface area (TPSA) is 85.7 Å². The van der Waals surface area contributed by atoms with Crippen molar-refractivity contribution in [2.75, 3.05) is 25.2 Å². The van der Waals surface area contributed by atoms with Gasteiger partial charge in [-0.05, 0) is 49.2 Å². The lowest BCUT2D eigenvalue weighted by molar-refractivity contribution is -0.116. The Morgan fingerprint density at radius 3 is 2.57 bits per heavy atom. The zero-order valence-corrected chi connectivity index (χ0v) is 20.9. The van der Waals surface area contributed by atoms with E-state index in [4.69, 9.17) is 14.6 Å². The Kier molecular flexibility index (Phi) is 6.82. The van der Waals surface area contributed by atoms with Gasteiger partial charge in [0.1, 0.15) is 12.4 Å². The van der Waals surface area contributed by atoms with Crippen LogP contribution in [0.4, 0.5) is 5.82 Å². The SMILES string of the molecule is CCCN(CC(=O)Nc1cc(C(C)(C)C)nn1-c1cccc(C)c1)C(=O)c1ccc2c(c1)OCO2. The number of aryl methyl sites for hydroxylation is 1. The molecule has 2 aromatic carbocycles. The van der Waals surface area contributed by atoms with Gasteiger partial charge in [-0.25, -0.2) is 4.68 Å². The molecule has 4 rings (SSSR count). The third kappa shape index (κ3) is 5.48. The van der Waals surface area contributed by atoms with E-state index in [9.17, 15) is 9.59 Å². The van der Waals surface area contributed by atoms with Crippen LogP contribution in [-0.4, -0.2) is 46.4 Å². The number of rotatable bonds is 7. The number of hydrogen-bond acceptors (Lipinski definition) is 5. The van der Waals surface area contributed by atoms with E-state index >= 15 is 0 Å². The minimum absolute atomic E-state index is 0.0784. The molecule has 0 saturated heterocycles. The molecule has 0 saturated carbocycles. The molecule has 8 nitrogen and oxygen atoms in total. The Morgan fingerprint density at radius 2 is 1.86 bits per heavy atom. The zero-order valence-electron chi connectivity index (χ0n) is 20.9. The van der Waals surface area contributed by atoms with Crippen LogP contribution >= 0.6 is 0 Å². The van der Waals surface area contributed by atoms with E-state index in [0.717, 1.165) is 23.4 Å². The summed E-state index contributed by atoms with van der Waals surface area (Å²) in [6, 6.07) is 14.9. The summed E-state index contributed by atoms with van der Waals surface area (Å²) in [6.07, 6.45) is 0.721. The van der Waals surface area contributed by atoms with E-state index < -0.39 is 0 Å². The maximum absolute atomic E-state index is 13.2. The summed E-state index contributed by atoms with van der Waals surface area (Å²) in [6.45, 7) is 10.7. The van der Waals surface area contributed by atoms with Crippen molar-refractivity contribution in [2.24, 2.45) is 0 Å². The molecule has 0 radical (unpaired) electrons. The first-order chi connectivity index (χ1) is 16.7. The molecule has 1 aliphatic rings. The summed E-state index contributed by atoms with van der Waals surface area (Å²) in [5.41, 5.74) is 3.07. The smallest absolute Gasteiger partial charge is 0.254 e. The van der Waals surface area contributed by atoms with Gasteiger partial charge in [0.15, 0.2) is 11.5 Å². The fourth-order valence-corrected chi connectivity index (χ4v) is 3.88. The highest BCUT2D eigenvalue weighted by atomic mass is 16.7. The van der Waals surface area contributed by atoms with Crippen molar-refractivity contribution in [3.63, 3.8) is 0 Å². The summed E-state index contributed by atoms with van der Waals surface area (Å²) < 4.78 is 12.5. The van der Waals surface area contributed by atoms with Crippen molar-refractivity contribution in [2.45, 2.75) is 46.5 Å². The largest absolute Gasteiger partial charge is 0.454 e. The van der Waals surface area contributed by atoms with Gasteiger partial charge in [0.05, 0.1) is 11.4 Å². The molecule has 35 heavy (non-hydrogen) atoms. The molecule has 184 valence electrons. The van der Waals surface area contributed by atoms with Crippen LogP contribution in [0.15, 0.2) is 48.5 Å². The third-order valence-corrected chi connectivity index (χ3v) is 5.73. The molecule has 2 amide bonds. The number of fused-ring (bicyclic) bond motifs is 1. The molecular formula is C27H32N4O4. The second kappa shape index (κ2) is 9.82. The fraction of sp³-hybridized carbons (Fsp3) is 0.370. The van der Waals surface area contributed by atoms with Gasteiger partial charge in [-0.1, -0.05) is 39.8 Å². The predicted octanol–water partition coefficient (Wildman–Crippen LogP) is 4.70. The number of ether oxygens (including phenoxy) is 2. The van der Waals surface area contributed by atoms with Gasteiger partial charge in [0.2, 0.25) is 12.7 Å². The Morgan fingerprint density at radius 1 is 1.09 bits per heavy atom. The van der Waals surface area contributed by atoms with Crippen LogP contribution in [-0.2, 0) is 10.2 Å². The number of nitrogens with zero attached hydrogens (tertiary/aromatic N) is 3. The maximum atomic E-state index is 13.2. The number of benzene rings is 2. The molecular weight excluding hydrogens is 444 g/mol. The fourth-order valence-electron chi connectivity index (χ4n) is 3.88.